The van der Waals surface area contributed by atoms with Gasteiger partial charge in [0.2, 0.25) is 15.8 Å². The number of aliphatic hydroxyl groups excluding tert-OH is 1. The number of anilines is 1. The molecule has 1 atom stereocenters. The van der Waals surface area contributed by atoms with E-state index in [-0.39, 0.29) is 13.2 Å². The van der Waals surface area contributed by atoms with E-state index in [4.69, 9.17) is 4.74 Å². The van der Waals surface area contributed by atoms with Gasteiger partial charge in [-0.15, -0.1) is 11.3 Å². The normalized spacial score (nSPS) is 16.2. The molecule has 38 heavy (non-hydrogen) atoms. The number of ether oxygens (including phenoxy) is 1. The lowest BCUT2D eigenvalue weighted by Crippen LogP contribution is -2.50. The predicted molar refractivity (Wildman–Crippen MR) is 132 cm³/mol. The van der Waals surface area contributed by atoms with Crippen LogP contribution in [0, 0.1) is 36.0 Å². The highest BCUT2D eigenvalue weighted by Gasteiger charge is 2.29. The highest BCUT2D eigenvalue weighted by molar-refractivity contribution is 7.92. The van der Waals surface area contributed by atoms with E-state index in [0.717, 1.165) is 15.2 Å². The van der Waals surface area contributed by atoms with Crippen LogP contribution in [0.4, 0.5) is 27.6 Å². The predicted octanol–water partition coefficient (Wildman–Crippen LogP) is 3.10. The van der Waals surface area contributed by atoms with Crippen molar-refractivity contribution >= 4 is 37.3 Å². The molecule has 0 spiro atoms. The number of nitrogens with zero attached hydrogens (tertiary/aromatic N) is 3. The second-order valence-corrected chi connectivity index (χ2v) is 11.9. The molecule has 1 aliphatic rings. The Labute approximate surface area is 219 Å². The van der Waals surface area contributed by atoms with Gasteiger partial charge >= 0.3 is 0 Å². The van der Waals surface area contributed by atoms with Crippen LogP contribution in [0.15, 0.2) is 18.2 Å². The van der Waals surface area contributed by atoms with Gasteiger partial charge in [-0.25, -0.2) is 35.4 Å². The number of β-amino-alcohol motifs (C(OH)–C–C–N with tert-alkyl or cyclic N) is 1. The number of aliphatic hydroxyl groups is 1. The minimum Gasteiger partial charge on any atom is -0.491 e. The van der Waals surface area contributed by atoms with Gasteiger partial charge in [0.25, 0.3) is 0 Å². The summed E-state index contributed by atoms with van der Waals surface area (Å²) in [5, 5.41) is 11.3. The number of sulfonamides is 1. The molecule has 208 valence electrons. The van der Waals surface area contributed by atoms with Gasteiger partial charge in [0.15, 0.2) is 23.3 Å². The van der Waals surface area contributed by atoms with E-state index in [1.165, 1.54) is 4.72 Å². The van der Waals surface area contributed by atoms with Crippen LogP contribution in [0.5, 0.6) is 5.75 Å². The zero-order valence-corrected chi connectivity index (χ0v) is 21.8. The van der Waals surface area contributed by atoms with Crippen LogP contribution < -0.4 is 9.46 Å². The first-order valence-corrected chi connectivity index (χ1v) is 14.0. The molecule has 8 nitrogen and oxygen atoms in total. The minimum absolute atomic E-state index is 0.0250. The van der Waals surface area contributed by atoms with Gasteiger partial charge in [-0.05, 0) is 19.1 Å². The average Bonchev–Trinajstić information content (AvgIpc) is 3.26. The Hall–Kier alpha value is -2.59. The molecule has 3 aromatic rings. The Bertz CT molecular complexity index is 1390. The van der Waals surface area contributed by atoms with Crippen LogP contribution in [-0.4, -0.2) is 86.0 Å². The Morgan fingerprint density at radius 2 is 1.63 bits per heavy atom. The molecule has 2 aromatic carbocycles. The van der Waals surface area contributed by atoms with Crippen molar-refractivity contribution in [1.29, 1.82) is 0 Å². The Morgan fingerprint density at radius 1 is 1.03 bits per heavy atom. The number of hydrogen-bond donors (Lipinski definition) is 2. The molecule has 0 aliphatic carbocycles. The third kappa shape index (κ3) is 6.69. The molecule has 15 heteroatoms. The number of piperazine rings is 1. The van der Waals surface area contributed by atoms with Crippen molar-refractivity contribution in [3.8, 4) is 5.75 Å². The van der Waals surface area contributed by atoms with Crippen LogP contribution in [0.1, 0.15) is 5.01 Å². The molecule has 1 unspecified atom stereocenters. The van der Waals surface area contributed by atoms with E-state index in [2.05, 4.69) is 4.98 Å². The summed E-state index contributed by atoms with van der Waals surface area (Å²) < 4.78 is 100. The molecule has 2 heterocycles. The maximum atomic E-state index is 13.8. The maximum absolute atomic E-state index is 13.8. The molecule has 4 rings (SSSR count). The van der Waals surface area contributed by atoms with Crippen molar-refractivity contribution in [3.05, 3.63) is 52.3 Å². The van der Waals surface area contributed by atoms with Crippen LogP contribution in [0.3, 0.4) is 0 Å². The summed E-state index contributed by atoms with van der Waals surface area (Å²) in [6.07, 6.45) is -0.764. The first-order chi connectivity index (χ1) is 17.9. The van der Waals surface area contributed by atoms with Gasteiger partial charge < -0.3 is 9.84 Å². The first kappa shape index (κ1) is 28.4. The maximum Gasteiger partial charge on any atom is 0.234 e. The zero-order valence-electron chi connectivity index (χ0n) is 20.2. The van der Waals surface area contributed by atoms with E-state index in [1.807, 2.05) is 30.0 Å². The van der Waals surface area contributed by atoms with Gasteiger partial charge in [0.05, 0.1) is 21.0 Å². The van der Waals surface area contributed by atoms with Crippen LogP contribution in [-0.2, 0) is 10.0 Å². The summed E-state index contributed by atoms with van der Waals surface area (Å²) in [5.74, 6) is -11.4. The van der Waals surface area contributed by atoms with Crippen molar-refractivity contribution in [1.82, 2.24) is 14.8 Å². The number of halogens is 5. The number of benzene rings is 2. The number of rotatable bonds is 10. The van der Waals surface area contributed by atoms with Crippen LogP contribution >= 0.6 is 11.3 Å². The quantitative estimate of drug-likeness (QED) is 0.216. The lowest BCUT2D eigenvalue weighted by molar-refractivity contribution is 0.0472. The first-order valence-electron chi connectivity index (χ1n) is 11.6. The second kappa shape index (κ2) is 11.7. The second-order valence-electron chi connectivity index (χ2n) is 8.84. The molecule has 1 aromatic heterocycles. The Kier molecular flexibility index (Phi) is 8.72. The van der Waals surface area contributed by atoms with Crippen LogP contribution in [0.2, 0.25) is 0 Å². The molecule has 1 saturated heterocycles. The SMILES string of the molecule is Cc1nc2cc(OCC(O)CN3CCN(CCS(=O)(=O)Nc4c(F)c(F)c(F)c(F)c4F)CC3)ccc2s1. The number of nitrogens with one attached hydrogen (secondary N) is 1. The van der Waals surface area contributed by atoms with E-state index in [9.17, 15) is 35.5 Å². The average molecular weight is 581 g/mol. The topological polar surface area (TPSA) is 95.0 Å². The number of fused-ring (bicyclic) bond motifs is 1. The molecule has 1 fully saturated rings. The smallest absolute Gasteiger partial charge is 0.234 e. The third-order valence-electron chi connectivity index (χ3n) is 5.99. The molecule has 1 aliphatic heterocycles. The summed E-state index contributed by atoms with van der Waals surface area (Å²) in [5.41, 5.74) is -0.774. The molecule has 0 radical (unpaired) electrons. The summed E-state index contributed by atoms with van der Waals surface area (Å²) in [7, 11) is -4.41. The minimum atomic E-state index is -4.41. The lowest BCUT2D eigenvalue weighted by Gasteiger charge is -2.35. The fourth-order valence-electron chi connectivity index (χ4n) is 4.00. The standard InChI is InChI=1S/C23H25F5N4O4S2/c1-13-29-16-10-15(2-3-17(16)37-13)36-12-14(33)11-32-6-4-31(5-7-32)8-9-38(34,35)30-23-21(27)19(25)18(24)20(26)22(23)28/h2-3,10,14,30,33H,4-9,11-12H2,1H3. The number of hydrogen-bond acceptors (Lipinski definition) is 8. The molecular weight excluding hydrogens is 555 g/mol. The largest absolute Gasteiger partial charge is 0.491 e. The fraction of sp³-hybridized carbons (Fsp3) is 0.435. The Balaban J connectivity index is 1.21. The summed E-state index contributed by atoms with van der Waals surface area (Å²) >= 11 is 1.58. The summed E-state index contributed by atoms with van der Waals surface area (Å²) in [6, 6.07) is 5.55. The van der Waals surface area contributed by atoms with E-state index >= 15 is 0 Å². The monoisotopic (exact) mass is 580 g/mol. The van der Waals surface area contributed by atoms with E-state index < -0.39 is 56.7 Å². The Morgan fingerprint density at radius 3 is 2.29 bits per heavy atom. The molecular formula is C23H25F5N4O4S2. The number of aromatic nitrogens is 1. The molecule has 2 N–H and O–H groups in total. The van der Waals surface area contributed by atoms with Crippen molar-refractivity contribution in [3.63, 3.8) is 0 Å². The van der Waals surface area contributed by atoms with Gasteiger partial charge in [-0.1, -0.05) is 0 Å². The van der Waals surface area contributed by atoms with E-state index in [1.54, 1.807) is 16.2 Å². The van der Waals surface area contributed by atoms with Crippen molar-refractivity contribution in [2.75, 3.05) is 56.4 Å². The highest BCUT2D eigenvalue weighted by Crippen LogP contribution is 2.28. The van der Waals surface area contributed by atoms with E-state index in [0.29, 0.717) is 38.5 Å². The van der Waals surface area contributed by atoms with Crippen LogP contribution in [0.25, 0.3) is 10.2 Å². The summed E-state index contributed by atoms with van der Waals surface area (Å²) in [6.45, 7) is 4.26. The molecule has 0 amide bonds. The van der Waals surface area contributed by atoms with Gasteiger partial charge in [0.1, 0.15) is 24.1 Å². The van der Waals surface area contributed by atoms with Crippen molar-refractivity contribution < 1.29 is 40.2 Å². The van der Waals surface area contributed by atoms with Gasteiger partial charge in [-0.2, -0.15) is 0 Å². The fourth-order valence-corrected chi connectivity index (χ4v) is 5.90. The number of aryl methyl sites for hydroxylation is 1. The molecule has 0 bridgehead atoms. The van der Waals surface area contributed by atoms with Gasteiger partial charge in [0, 0.05) is 45.3 Å². The number of thiazole rings is 1. The highest BCUT2D eigenvalue weighted by atomic mass is 32.2. The molecule has 0 saturated carbocycles. The third-order valence-corrected chi connectivity index (χ3v) is 8.17. The van der Waals surface area contributed by atoms with Crippen molar-refractivity contribution in [2.45, 2.75) is 13.0 Å². The summed E-state index contributed by atoms with van der Waals surface area (Å²) in [4.78, 5) is 8.18. The van der Waals surface area contributed by atoms with Gasteiger partial charge in [-0.3, -0.25) is 14.5 Å². The van der Waals surface area contributed by atoms with Crippen molar-refractivity contribution in [2.24, 2.45) is 0 Å². The zero-order chi connectivity index (χ0) is 27.6. The lowest BCUT2D eigenvalue weighted by atomic mass is 10.2.